The third-order valence-corrected chi connectivity index (χ3v) is 5.80. The quantitative estimate of drug-likeness (QED) is 0.662. The van der Waals surface area contributed by atoms with E-state index in [0.717, 1.165) is 28.5 Å². The maximum atomic E-state index is 9.70. The molecular weight excluding hydrogens is 356 g/mol. The number of nitrogens with zero attached hydrogens (tertiary/aromatic N) is 1. The highest BCUT2D eigenvalue weighted by Crippen LogP contribution is 2.34. The van der Waals surface area contributed by atoms with Crippen molar-refractivity contribution in [2.75, 3.05) is 20.2 Å². The van der Waals surface area contributed by atoms with E-state index >= 15 is 0 Å². The zero-order valence-corrected chi connectivity index (χ0v) is 16.0. The average molecular weight is 378 g/mol. The molecule has 0 radical (unpaired) electrons. The van der Waals surface area contributed by atoms with Gasteiger partial charge in [-0.15, -0.1) is 11.8 Å². The molecule has 1 aliphatic heterocycles. The number of thioether (sulfide) groups is 1. The van der Waals surface area contributed by atoms with E-state index in [0.29, 0.717) is 13.1 Å². The maximum absolute atomic E-state index is 9.70. The van der Waals surface area contributed by atoms with Crippen LogP contribution in [0.2, 0.25) is 0 Å². The number of fused-ring (bicyclic) bond motifs is 1. The molecule has 3 aromatic carbocycles. The van der Waals surface area contributed by atoms with Gasteiger partial charge in [-0.2, -0.15) is 0 Å². The fourth-order valence-electron chi connectivity index (χ4n) is 3.31. The number of methoxy groups -OCH3 is 1. The predicted octanol–water partition coefficient (Wildman–Crippen LogP) is 3.85. The highest BCUT2D eigenvalue weighted by molar-refractivity contribution is 7.98. The van der Waals surface area contributed by atoms with Crippen LogP contribution in [0.5, 0.6) is 5.75 Å². The molecule has 1 aliphatic rings. The standard InChI is InChI=1S/C22H22N2O2S/c1-26-20-10-5-9-18(22-23-12-16(25)13-24-22)19(20)14-27-21-11-4-7-15-6-2-3-8-17(15)21/h2-11,16,25H,12-14H2,1H3,(H,23,24). The first-order chi connectivity index (χ1) is 13.3. The first kappa shape index (κ1) is 17.9. The fraction of sp³-hybridized carbons (Fsp3) is 0.227. The number of aliphatic imine (C=N–C) groups is 1. The van der Waals surface area contributed by atoms with E-state index in [2.05, 4.69) is 58.8 Å². The molecule has 0 fully saturated rings. The SMILES string of the molecule is COc1cccc(C2=NCC(O)CN2)c1CSc1cccc2ccccc12. The van der Waals surface area contributed by atoms with Crippen LogP contribution in [0, 0.1) is 0 Å². The monoisotopic (exact) mass is 378 g/mol. The number of benzene rings is 3. The topological polar surface area (TPSA) is 53.9 Å². The summed E-state index contributed by atoms with van der Waals surface area (Å²) in [4.78, 5) is 5.76. The van der Waals surface area contributed by atoms with Gasteiger partial charge in [0.25, 0.3) is 0 Å². The molecule has 138 valence electrons. The number of β-amino-alcohol motifs (C(OH)–C–C–N with tert-alkyl or cyclic N) is 1. The molecule has 0 amide bonds. The van der Waals surface area contributed by atoms with Gasteiger partial charge < -0.3 is 15.2 Å². The second-order valence-corrected chi connectivity index (χ2v) is 7.49. The van der Waals surface area contributed by atoms with Gasteiger partial charge in [0.05, 0.1) is 19.8 Å². The zero-order valence-electron chi connectivity index (χ0n) is 15.2. The molecule has 3 aromatic rings. The Morgan fingerprint density at radius 2 is 1.93 bits per heavy atom. The van der Waals surface area contributed by atoms with Crippen molar-refractivity contribution in [3.05, 3.63) is 71.8 Å². The molecule has 27 heavy (non-hydrogen) atoms. The Bertz CT molecular complexity index is 982. The minimum Gasteiger partial charge on any atom is -0.496 e. The Labute approximate surface area is 163 Å². The molecular formula is C22H22N2O2S. The van der Waals surface area contributed by atoms with E-state index in [4.69, 9.17) is 4.74 Å². The molecule has 1 atom stereocenters. The summed E-state index contributed by atoms with van der Waals surface area (Å²) in [5, 5.41) is 15.4. The maximum Gasteiger partial charge on any atom is 0.128 e. The molecule has 2 N–H and O–H groups in total. The highest BCUT2D eigenvalue weighted by atomic mass is 32.2. The summed E-state index contributed by atoms with van der Waals surface area (Å²) in [6.07, 6.45) is -0.423. The Kier molecular flexibility index (Phi) is 5.32. The van der Waals surface area contributed by atoms with Crippen molar-refractivity contribution >= 4 is 28.4 Å². The van der Waals surface area contributed by atoms with E-state index in [-0.39, 0.29) is 0 Å². The van der Waals surface area contributed by atoms with Crippen molar-refractivity contribution < 1.29 is 9.84 Å². The molecule has 0 aliphatic carbocycles. The number of rotatable bonds is 5. The smallest absolute Gasteiger partial charge is 0.128 e. The molecule has 0 saturated carbocycles. The third kappa shape index (κ3) is 3.80. The van der Waals surface area contributed by atoms with Crippen LogP contribution in [0.3, 0.4) is 0 Å². The Morgan fingerprint density at radius 1 is 1.11 bits per heavy atom. The van der Waals surface area contributed by atoms with Crippen molar-refractivity contribution in [1.82, 2.24) is 5.32 Å². The molecule has 1 unspecified atom stereocenters. The minimum atomic E-state index is -0.423. The largest absolute Gasteiger partial charge is 0.496 e. The van der Waals surface area contributed by atoms with Gasteiger partial charge in [0, 0.05) is 28.3 Å². The number of amidine groups is 1. The van der Waals surface area contributed by atoms with Crippen molar-refractivity contribution in [3.8, 4) is 5.75 Å². The number of aliphatic hydroxyl groups is 1. The number of hydrogen-bond acceptors (Lipinski definition) is 5. The number of aliphatic hydroxyl groups excluding tert-OH is 1. The number of ether oxygens (including phenoxy) is 1. The third-order valence-electron chi connectivity index (χ3n) is 4.69. The van der Waals surface area contributed by atoms with Gasteiger partial charge in [0.2, 0.25) is 0 Å². The van der Waals surface area contributed by atoms with Crippen molar-refractivity contribution in [2.24, 2.45) is 4.99 Å². The van der Waals surface area contributed by atoms with Crippen LogP contribution in [0.1, 0.15) is 11.1 Å². The predicted molar refractivity (Wildman–Crippen MR) is 112 cm³/mol. The summed E-state index contributed by atoms with van der Waals surface area (Å²) in [5.41, 5.74) is 2.15. The van der Waals surface area contributed by atoms with Gasteiger partial charge >= 0.3 is 0 Å². The molecule has 0 saturated heterocycles. The summed E-state index contributed by atoms with van der Waals surface area (Å²) in [7, 11) is 1.70. The lowest BCUT2D eigenvalue weighted by atomic mass is 10.1. The second kappa shape index (κ2) is 8.03. The molecule has 4 nitrogen and oxygen atoms in total. The van der Waals surface area contributed by atoms with Crippen LogP contribution in [-0.4, -0.2) is 37.2 Å². The van der Waals surface area contributed by atoms with Crippen LogP contribution in [0.15, 0.2) is 70.6 Å². The van der Waals surface area contributed by atoms with E-state index in [1.54, 1.807) is 18.9 Å². The Hall–Kier alpha value is -2.50. The molecule has 0 aromatic heterocycles. The van der Waals surface area contributed by atoms with Gasteiger partial charge in [0.1, 0.15) is 11.6 Å². The molecule has 0 spiro atoms. The van der Waals surface area contributed by atoms with E-state index in [1.807, 2.05) is 12.1 Å². The lowest BCUT2D eigenvalue weighted by molar-refractivity contribution is 0.181. The first-order valence-electron chi connectivity index (χ1n) is 8.99. The fourth-order valence-corrected chi connectivity index (χ4v) is 4.42. The van der Waals surface area contributed by atoms with E-state index in [9.17, 15) is 5.11 Å². The normalized spacial score (nSPS) is 16.7. The molecule has 5 heteroatoms. The lowest BCUT2D eigenvalue weighted by Crippen LogP contribution is -2.39. The summed E-state index contributed by atoms with van der Waals surface area (Å²) in [5.74, 6) is 2.46. The highest BCUT2D eigenvalue weighted by Gasteiger charge is 2.18. The Morgan fingerprint density at radius 3 is 2.74 bits per heavy atom. The summed E-state index contributed by atoms with van der Waals surface area (Å²) < 4.78 is 5.63. The zero-order chi connectivity index (χ0) is 18.6. The Balaban J connectivity index is 1.67. The van der Waals surface area contributed by atoms with E-state index < -0.39 is 6.10 Å². The molecule has 1 heterocycles. The van der Waals surface area contributed by atoms with Crippen molar-refractivity contribution in [3.63, 3.8) is 0 Å². The summed E-state index contributed by atoms with van der Waals surface area (Å²) in [6, 6.07) is 20.9. The van der Waals surface area contributed by atoms with Crippen molar-refractivity contribution in [2.45, 2.75) is 16.8 Å². The van der Waals surface area contributed by atoms with Gasteiger partial charge in [0.15, 0.2) is 0 Å². The minimum absolute atomic E-state index is 0.423. The van der Waals surface area contributed by atoms with Gasteiger partial charge in [-0.05, 0) is 22.9 Å². The summed E-state index contributed by atoms with van der Waals surface area (Å²) >= 11 is 1.80. The number of nitrogens with one attached hydrogen (secondary N) is 1. The van der Waals surface area contributed by atoms with Gasteiger partial charge in [-0.25, -0.2) is 0 Å². The van der Waals surface area contributed by atoms with Crippen LogP contribution < -0.4 is 10.1 Å². The average Bonchev–Trinajstić information content (AvgIpc) is 2.72. The first-order valence-corrected chi connectivity index (χ1v) is 9.98. The van der Waals surface area contributed by atoms with Crippen LogP contribution in [0.4, 0.5) is 0 Å². The van der Waals surface area contributed by atoms with Crippen LogP contribution in [-0.2, 0) is 5.75 Å². The lowest BCUT2D eigenvalue weighted by Gasteiger charge is -2.22. The van der Waals surface area contributed by atoms with Crippen LogP contribution >= 0.6 is 11.8 Å². The second-order valence-electron chi connectivity index (χ2n) is 6.48. The molecule has 4 rings (SSSR count). The molecule has 0 bridgehead atoms. The number of hydrogen-bond donors (Lipinski definition) is 2. The summed E-state index contributed by atoms with van der Waals surface area (Å²) in [6.45, 7) is 0.946. The van der Waals surface area contributed by atoms with Crippen molar-refractivity contribution in [1.29, 1.82) is 0 Å². The van der Waals surface area contributed by atoms with Crippen LogP contribution in [0.25, 0.3) is 10.8 Å². The van der Waals surface area contributed by atoms with Gasteiger partial charge in [-0.1, -0.05) is 48.5 Å². The van der Waals surface area contributed by atoms with E-state index in [1.165, 1.54) is 15.7 Å². The van der Waals surface area contributed by atoms with Gasteiger partial charge in [-0.3, -0.25) is 4.99 Å².